The number of aryl methyl sites for hydroxylation is 1. The van der Waals surface area contributed by atoms with Crippen molar-refractivity contribution in [3.63, 3.8) is 0 Å². The maximum Gasteiger partial charge on any atom is 0.310 e. The Morgan fingerprint density at radius 3 is 2.72 bits per heavy atom. The van der Waals surface area contributed by atoms with Gasteiger partial charge in [0.15, 0.2) is 0 Å². The summed E-state index contributed by atoms with van der Waals surface area (Å²) in [5.41, 5.74) is 1.42. The molecule has 3 aromatic rings. The molecule has 0 saturated carbocycles. The average molecular weight is 613 g/mol. The van der Waals surface area contributed by atoms with Crippen LogP contribution < -0.4 is 10.6 Å². The van der Waals surface area contributed by atoms with Crippen LogP contribution in [0.4, 0.5) is 14.5 Å². The quantitative estimate of drug-likeness (QED) is 0.241. The third-order valence-electron chi connectivity index (χ3n) is 7.22. The standard InChI is InChI=1S/C31H31ClF2N4O5/c1-17-12-21(33)27(22(34)13-17)31(41)36-23-7-3-2-4-8-25(39)35-24-14-18(15-26(40)43-16-19-6-5-11-42-19)9-10-20(24)28-29(32)38-30(23)37-28/h2-3,9-10,12-14,19,23H,4-8,11,15-16H2,1H3,(H,35,39)(H,36,41)(H,37,38)/b3-2+/t19-,23+/m1/s1. The molecule has 5 rings (SSSR count). The first kappa shape index (κ1) is 30.4. The summed E-state index contributed by atoms with van der Waals surface area (Å²) in [6, 6.07) is 6.42. The van der Waals surface area contributed by atoms with Crippen LogP contribution in [0, 0.1) is 18.6 Å². The second-order valence-electron chi connectivity index (χ2n) is 10.6. The van der Waals surface area contributed by atoms with Gasteiger partial charge in [0.2, 0.25) is 5.91 Å². The summed E-state index contributed by atoms with van der Waals surface area (Å²) in [5.74, 6) is -3.32. The van der Waals surface area contributed by atoms with E-state index in [1.807, 2.05) is 0 Å². The number of nitrogens with one attached hydrogen (secondary N) is 3. The summed E-state index contributed by atoms with van der Waals surface area (Å²) in [6.45, 7) is 2.39. The van der Waals surface area contributed by atoms with E-state index in [1.54, 1.807) is 30.4 Å². The third-order valence-corrected chi connectivity index (χ3v) is 7.49. The molecule has 2 bridgehead atoms. The molecular weight excluding hydrogens is 582 g/mol. The van der Waals surface area contributed by atoms with E-state index in [0.717, 1.165) is 25.0 Å². The number of fused-ring (bicyclic) bond motifs is 4. The van der Waals surface area contributed by atoms with E-state index in [0.29, 0.717) is 35.4 Å². The predicted octanol–water partition coefficient (Wildman–Crippen LogP) is 5.73. The lowest BCUT2D eigenvalue weighted by Crippen LogP contribution is -2.30. The number of allylic oxidation sites excluding steroid dienone is 1. The van der Waals surface area contributed by atoms with Crippen molar-refractivity contribution >= 4 is 35.1 Å². The van der Waals surface area contributed by atoms with Crippen molar-refractivity contribution in [1.82, 2.24) is 15.3 Å². The fourth-order valence-electron chi connectivity index (χ4n) is 5.07. The Morgan fingerprint density at radius 2 is 1.98 bits per heavy atom. The number of ether oxygens (including phenoxy) is 2. The fraction of sp³-hybridized carbons (Fsp3) is 0.355. The Bertz CT molecular complexity index is 1540. The van der Waals surface area contributed by atoms with E-state index >= 15 is 0 Å². The molecule has 1 aromatic heterocycles. The van der Waals surface area contributed by atoms with Gasteiger partial charge in [-0.2, -0.15) is 0 Å². The monoisotopic (exact) mass is 612 g/mol. The molecule has 1 saturated heterocycles. The van der Waals surface area contributed by atoms with Gasteiger partial charge >= 0.3 is 5.97 Å². The van der Waals surface area contributed by atoms with Crippen LogP contribution >= 0.6 is 11.6 Å². The second kappa shape index (κ2) is 13.5. The summed E-state index contributed by atoms with van der Waals surface area (Å²) in [7, 11) is 0. The van der Waals surface area contributed by atoms with E-state index < -0.39 is 35.1 Å². The van der Waals surface area contributed by atoms with Crippen LogP contribution in [-0.4, -0.2) is 47.1 Å². The van der Waals surface area contributed by atoms with Crippen molar-refractivity contribution < 1.29 is 32.6 Å². The summed E-state index contributed by atoms with van der Waals surface area (Å²) < 4.78 is 40.0. The van der Waals surface area contributed by atoms with Crippen molar-refractivity contribution in [2.75, 3.05) is 18.5 Å². The van der Waals surface area contributed by atoms with Gasteiger partial charge in [-0.1, -0.05) is 35.9 Å². The van der Waals surface area contributed by atoms with Gasteiger partial charge in [-0.25, -0.2) is 13.8 Å². The highest BCUT2D eigenvalue weighted by molar-refractivity contribution is 6.32. The number of halogens is 3. The molecule has 2 aliphatic heterocycles. The number of esters is 1. The lowest BCUT2D eigenvalue weighted by Gasteiger charge is -2.16. The summed E-state index contributed by atoms with van der Waals surface area (Å²) in [4.78, 5) is 45.9. The number of nitrogens with zero attached hydrogens (tertiary/aromatic N) is 1. The maximum atomic E-state index is 14.5. The molecule has 226 valence electrons. The molecule has 0 radical (unpaired) electrons. The molecule has 12 heteroatoms. The minimum atomic E-state index is -0.974. The predicted molar refractivity (Wildman–Crippen MR) is 156 cm³/mol. The van der Waals surface area contributed by atoms with E-state index in [1.165, 1.54) is 6.92 Å². The molecule has 3 N–H and O–H groups in total. The number of carbonyl (C=O) groups is 3. The zero-order chi connectivity index (χ0) is 30.5. The highest BCUT2D eigenvalue weighted by atomic mass is 35.5. The molecule has 9 nitrogen and oxygen atoms in total. The Hall–Kier alpha value is -4.09. The van der Waals surface area contributed by atoms with Crippen molar-refractivity contribution in [3.05, 3.63) is 81.8 Å². The van der Waals surface area contributed by atoms with Crippen LogP contribution in [0.2, 0.25) is 5.15 Å². The van der Waals surface area contributed by atoms with Crippen LogP contribution in [0.15, 0.2) is 42.5 Å². The molecule has 3 heterocycles. The largest absolute Gasteiger partial charge is 0.463 e. The molecule has 2 aliphatic rings. The van der Waals surface area contributed by atoms with Gasteiger partial charge in [0, 0.05) is 18.6 Å². The summed E-state index contributed by atoms with van der Waals surface area (Å²) >= 11 is 6.56. The smallest absolute Gasteiger partial charge is 0.310 e. The molecular formula is C31H31ClF2N4O5. The Balaban J connectivity index is 1.42. The van der Waals surface area contributed by atoms with Crippen molar-refractivity contribution in [2.24, 2.45) is 0 Å². The van der Waals surface area contributed by atoms with Crippen molar-refractivity contribution in [3.8, 4) is 11.3 Å². The number of rotatable bonds is 6. The van der Waals surface area contributed by atoms with Crippen LogP contribution in [0.5, 0.6) is 0 Å². The lowest BCUT2D eigenvalue weighted by molar-refractivity contribution is -0.146. The Morgan fingerprint density at radius 1 is 1.19 bits per heavy atom. The molecule has 0 aliphatic carbocycles. The minimum Gasteiger partial charge on any atom is -0.463 e. The number of carbonyl (C=O) groups excluding carboxylic acids is 3. The fourth-order valence-corrected chi connectivity index (χ4v) is 5.31. The topological polar surface area (TPSA) is 122 Å². The second-order valence-corrected chi connectivity index (χ2v) is 11.0. The Labute approximate surface area is 252 Å². The first-order valence-corrected chi connectivity index (χ1v) is 14.4. The third kappa shape index (κ3) is 7.47. The average Bonchev–Trinajstić information content (AvgIpc) is 3.60. The van der Waals surface area contributed by atoms with Gasteiger partial charge in [0.25, 0.3) is 5.91 Å². The summed E-state index contributed by atoms with van der Waals surface area (Å²) in [5, 5.41) is 5.67. The number of hydrogen-bond donors (Lipinski definition) is 3. The van der Waals surface area contributed by atoms with E-state index in [4.69, 9.17) is 21.1 Å². The summed E-state index contributed by atoms with van der Waals surface area (Å²) in [6.07, 6.45) is 6.00. The molecule has 43 heavy (non-hydrogen) atoms. The van der Waals surface area contributed by atoms with Crippen LogP contribution in [0.1, 0.15) is 65.5 Å². The van der Waals surface area contributed by atoms with Crippen molar-refractivity contribution in [2.45, 2.75) is 57.6 Å². The van der Waals surface area contributed by atoms with E-state index in [-0.39, 0.29) is 54.6 Å². The zero-order valence-electron chi connectivity index (χ0n) is 23.5. The van der Waals surface area contributed by atoms with Crippen LogP contribution in [0.25, 0.3) is 11.3 Å². The van der Waals surface area contributed by atoms with Crippen molar-refractivity contribution in [1.29, 1.82) is 0 Å². The number of aromatic nitrogens is 2. The maximum absolute atomic E-state index is 14.5. The number of amides is 2. The number of aromatic amines is 1. The highest BCUT2D eigenvalue weighted by Gasteiger charge is 2.26. The molecule has 0 unspecified atom stereocenters. The van der Waals surface area contributed by atoms with Crippen LogP contribution in [0.3, 0.4) is 0 Å². The van der Waals surface area contributed by atoms with Gasteiger partial charge in [-0.15, -0.1) is 0 Å². The van der Waals surface area contributed by atoms with E-state index in [2.05, 4.69) is 20.6 Å². The van der Waals surface area contributed by atoms with Gasteiger partial charge < -0.3 is 25.1 Å². The number of anilines is 1. The molecule has 1 fully saturated rings. The first-order chi connectivity index (χ1) is 20.7. The first-order valence-electron chi connectivity index (χ1n) is 14.0. The van der Waals surface area contributed by atoms with Gasteiger partial charge in [0.05, 0.1) is 24.3 Å². The normalized spacial score (nSPS) is 19.3. The lowest BCUT2D eigenvalue weighted by atomic mass is 10.0. The SMILES string of the molecule is Cc1cc(F)c(C(=O)N[C@H]2C/C=C/CCC(=O)Nc3cc(CC(=O)OC[C@H]4CCCO4)ccc3-c3nc2[nH]c3Cl)c(F)c1. The zero-order valence-corrected chi connectivity index (χ0v) is 24.2. The van der Waals surface area contributed by atoms with E-state index in [9.17, 15) is 23.2 Å². The highest BCUT2D eigenvalue weighted by Crippen LogP contribution is 2.35. The number of benzene rings is 2. The molecule has 2 aromatic carbocycles. The molecule has 2 amide bonds. The minimum absolute atomic E-state index is 0.0155. The molecule has 0 spiro atoms. The molecule has 2 atom stereocenters. The Kier molecular flexibility index (Phi) is 9.52. The number of imidazole rings is 1. The number of H-pyrrole nitrogens is 1. The van der Waals surface area contributed by atoms with Gasteiger partial charge in [0.1, 0.15) is 40.5 Å². The van der Waals surface area contributed by atoms with Crippen LogP contribution in [-0.2, 0) is 25.5 Å². The van der Waals surface area contributed by atoms with Gasteiger partial charge in [-0.05, 0) is 61.9 Å². The number of hydrogen-bond acceptors (Lipinski definition) is 6. The van der Waals surface area contributed by atoms with Gasteiger partial charge in [-0.3, -0.25) is 14.4 Å².